The maximum Gasteiger partial charge on any atom is 0.287 e. The second-order valence-corrected chi connectivity index (χ2v) is 5.55. The first-order valence-electron chi connectivity index (χ1n) is 6.72. The molecule has 0 spiro atoms. The van der Waals surface area contributed by atoms with Gasteiger partial charge in [0.15, 0.2) is 5.69 Å². The molecule has 0 saturated carbocycles. The zero-order chi connectivity index (χ0) is 13.8. The van der Waals surface area contributed by atoms with Gasteiger partial charge in [-0.25, -0.2) is 5.84 Å². The van der Waals surface area contributed by atoms with Crippen LogP contribution in [-0.2, 0) is 6.54 Å². The van der Waals surface area contributed by atoms with Gasteiger partial charge in [-0.3, -0.25) is 14.9 Å². The smallest absolute Gasteiger partial charge is 0.287 e. The topological polar surface area (TPSA) is 89.1 Å². The minimum atomic E-state index is -0.411. The molecule has 2 atom stereocenters. The van der Waals surface area contributed by atoms with Crippen molar-refractivity contribution in [2.24, 2.45) is 17.7 Å². The first-order valence-corrected chi connectivity index (χ1v) is 6.72. The van der Waals surface area contributed by atoms with Gasteiger partial charge in [0, 0.05) is 19.6 Å². The van der Waals surface area contributed by atoms with Gasteiger partial charge in [0.1, 0.15) is 0 Å². The Morgan fingerprint density at radius 3 is 2.74 bits per heavy atom. The predicted octanol–water partition coefficient (Wildman–Crippen LogP) is -0.140. The molecule has 106 valence electrons. The molecule has 19 heavy (non-hydrogen) atoms. The molecular weight excluding hydrogens is 244 g/mol. The summed E-state index contributed by atoms with van der Waals surface area (Å²) in [5.41, 5.74) is 2.30. The maximum absolute atomic E-state index is 11.3. The van der Waals surface area contributed by atoms with E-state index < -0.39 is 5.91 Å². The van der Waals surface area contributed by atoms with Gasteiger partial charge in [-0.1, -0.05) is 19.1 Å². The average molecular weight is 266 g/mol. The molecule has 1 aliphatic heterocycles. The van der Waals surface area contributed by atoms with E-state index in [4.69, 9.17) is 5.84 Å². The largest absolute Gasteiger partial charge is 0.301 e. The van der Waals surface area contributed by atoms with Gasteiger partial charge in [0.05, 0.1) is 12.7 Å². The number of aromatic nitrogens is 3. The van der Waals surface area contributed by atoms with Crippen LogP contribution in [0.3, 0.4) is 0 Å². The van der Waals surface area contributed by atoms with E-state index in [1.165, 1.54) is 6.42 Å². The molecule has 0 aromatic carbocycles. The van der Waals surface area contributed by atoms with Crippen molar-refractivity contribution in [2.75, 3.05) is 19.6 Å². The van der Waals surface area contributed by atoms with Crippen LogP contribution in [0.2, 0.25) is 0 Å². The quantitative estimate of drug-likeness (QED) is 0.450. The van der Waals surface area contributed by atoms with Crippen molar-refractivity contribution >= 4 is 5.91 Å². The summed E-state index contributed by atoms with van der Waals surface area (Å²) < 4.78 is 1.69. The molecule has 2 heterocycles. The van der Waals surface area contributed by atoms with Crippen molar-refractivity contribution in [2.45, 2.75) is 26.8 Å². The van der Waals surface area contributed by atoms with Crippen LogP contribution in [0, 0.1) is 11.8 Å². The lowest BCUT2D eigenvalue weighted by Gasteiger charge is -2.34. The van der Waals surface area contributed by atoms with Gasteiger partial charge in [-0.15, -0.1) is 5.10 Å². The average Bonchev–Trinajstić information content (AvgIpc) is 2.83. The second kappa shape index (κ2) is 6.12. The molecular formula is C12H22N6O. The Morgan fingerprint density at radius 1 is 1.42 bits per heavy atom. The molecule has 0 radical (unpaired) electrons. The zero-order valence-electron chi connectivity index (χ0n) is 11.5. The van der Waals surface area contributed by atoms with Crippen molar-refractivity contribution in [1.29, 1.82) is 0 Å². The van der Waals surface area contributed by atoms with Crippen LogP contribution in [0.15, 0.2) is 6.20 Å². The molecule has 1 aromatic heterocycles. The highest BCUT2D eigenvalue weighted by Crippen LogP contribution is 2.20. The maximum atomic E-state index is 11.3. The number of nitrogen functional groups attached to an aromatic ring is 1. The molecule has 7 heteroatoms. The Balaban J connectivity index is 1.85. The highest BCUT2D eigenvalue weighted by molar-refractivity contribution is 5.91. The normalized spacial score (nSPS) is 24.4. The van der Waals surface area contributed by atoms with Gasteiger partial charge in [0.2, 0.25) is 0 Å². The third-order valence-electron chi connectivity index (χ3n) is 3.49. The second-order valence-electron chi connectivity index (χ2n) is 5.55. The number of hydrogen-bond acceptors (Lipinski definition) is 5. The van der Waals surface area contributed by atoms with Crippen molar-refractivity contribution in [1.82, 2.24) is 25.3 Å². The lowest BCUT2D eigenvalue weighted by atomic mass is 9.92. The standard InChI is InChI=1S/C12H22N6O/c1-9-5-10(2)7-17(6-9)3-4-18-8-11(15-16-18)12(19)14-13/h8-10H,3-7,13H2,1-2H3,(H,14,19). The Bertz CT molecular complexity index is 422. The monoisotopic (exact) mass is 266 g/mol. The van der Waals surface area contributed by atoms with Crippen LogP contribution in [0.4, 0.5) is 0 Å². The summed E-state index contributed by atoms with van der Waals surface area (Å²) in [5.74, 6) is 6.14. The van der Waals surface area contributed by atoms with Crippen LogP contribution >= 0.6 is 0 Å². The van der Waals surface area contributed by atoms with Gasteiger partial charge < -0.3 is 4.90 Å². The Kier molecular flexibility index (Phi) is 4.49. The number of nitrogens with two attached hydrogens (primary N) is 1. The van der Waals surface area contributed by atoms with Crippen molar-refractivity contribution in [3.05, 3.63) is 11.9 Å². The van der Waals surface area contributed by atoms with Crippen LogP contribution in [0.5, 0.6) is 0 Å². The number of amides is 1. The van der Waals surface area contributed by atoms with E-state index in [9.17, 15) is 4.79 Å². The first kappa shape index (κ1) is 14.0. The minimum Gasteiger partial charge on any atom is -0.301 e. The summed E-state index contributed by atoms with van der Waals surface area (Å²) in [6.07, 6.45) is 2.93. The number of carbonyl (C=O) groups is 1. The number of piperidine rings is 1. The van der Waals surface area contributed by atoms with Gasteiger partial charge in [-0.2, -0.15) is 0 Å². The molecule has 0 aliphatic carbocycles. The van der Waals surface area contributed by atoms with Gasteiger partial charge in [-0.05, 0) is 18.3 Å². The van der Waals surface area contributed by atoms with Gasteiger partial charge >= 0.3 is 0 Å². The number of nitrogens with zero attached hydrogens (tertiary/aromatic N) is 4. The number of nitrogens with one attached hydrogen (secondary N) is 1. The molecule has 2 rings (SSSR count). The molecule has 1 saturated heterocycles. The van der Waals surface area contributed by atoms with E-state index in [1.54, 1.807) is 10.9 Å². The summed E-state index contributed by atoms with van der Waals surface area (Å²) in [7, 11) is 0. The number of rotatable bonds is 4. The number of likely N-dealkylation sites (tertiary alicyclic amines) is 1. The molecule has 2 unspecified atom stereocenters. The van der Waals surface area contributed by atoms with E-state index in [0.717, 1.165) is 38.0 Å². The zero-order valence-corrected chi connectivity index (χ0v) is 11.5. The minimum absolute atomic E-state index is 0.253. The molecule has 1 aliphatic rings. The lowest BCUT2D eigenvalue weighted by Crippen LogP contribution is -2.40. The van der Waals surface area contributed by atoms with Crippen molar-refractivity contribution in [3.8, 4) is 0 Å². The van der Waals surface area contributed by atoms with Crippen LogP contribution < -0.4 is 11.3 Å². The third-order valence-corrected chi connectivity index (χ3v) is 3.49. The van der Waals surface area contributed by atoms with E-state index >= 15 is 0 Å². The Labute approximate surface area is 113 Å². The molecule has 1 amide bonds. The summed E-state index contributed by atoms with van der Waals surface area (Å²) in [5, 5.41) is 7.71. The van der Waals surface area contributed by atoms with Crippen molar-refractivity contribution in [3.63, 3.8) is 0 Å². The van der Waals surface area contributed by atoms with E-state index in [1.807, 2.05) is 5.43 Å². The van der Waals surface area contributed by atoms with E-state index in [2.05, 4.69) is 29.1 Å². The summed E-state index contributed by atoms with van der Waals surface area (Å²) >= 11 is 0. The van der Waals surface area contributed by atoms with Crippen LogP contribution in [-0.4, -0.2) is 45.4 Å². The molecule has 1 fully saturated rings. The molecule has 0 bridgehead atoms. The molecule has 1 aromatic rings. The fraction of sp³-hybridized carbons (Fsp3) is 0.750. The summed E-state index contributed by atoms with van der Waals surface area (Å²) in [4.78, 5) is 13.7. The van der Waals surface area contributed by atoms with Gasteiger partial charge in [0.25, 0.3) is 5.91 Å². The lowest BCUT2D eigenvalue weighted by molar-refractivity contribution is 0.0948. The van der Waals surface area contributed by atoms with Crippen molar-refractivity contribution < 1.29 is 4.79 Å². The number of hydrazine groups is 1. The first-order chi connectivity index (χ1) is 9.08. The molecule has 7 nitrogen and oxygen atoms in total. The highest BCUT2D eigenvalue weighted by atomic mass is 16.2. The molecule has 3 N–H and O–H groups in total. The van der Waals surface area contributed by atoms with E-state index in [-0.39, 0.29) is 5.69 Å². The third kappa shape index (κ3) is 3.74. The number of hydrogen-bond donors (Lipinski definition) is 2. The fourth-order valence-electron chi connectivity index (χ4n) is 2.80. The highest BCUT2D eigenvalue weighted by Gasteiger charge is 2.21. The fourth-order valence-corrected chi connectivity index (χ4v) is 2.80. The Hall–Kier alpha value is -1.47. The van der Waals surface area contributed by atoms with E-state index in [0.29, 0.717) is 0 Å². The van der Waals surface area contributed by atoms with Crippen LogP contribution in [0.25, 0.3) is 0 Å². The Morgan fingerprint density at radius 2 is 2.11 bits per heavy atom. The SMILES string of the molecule is CC1CC(C)CN(CCn2cc(C(=O)NN)nn2)C1. The number of carbonyl (C=O) groups excluding carboxylic acids is 1. The summed E-state index contributed by atoms with van der Waals surface area (Å²) in [6.45, 7) is 8.53. The van der Waals surface area contributed by atoms with Crippen LogP contribution in [0.1, 0.15) is 30.8 Å². The summed E-state index contributed by atoms with van der Waals surface area (Å²) in [6, 6.07) is 0. The predicted molar refractivity (Wildman–Crippen MR) is 71.1 cm³/mol.